The van der Waals surface area contributed by atoms with Gasteiger partial charge in [-0.25, -0.2) is 0 Å². The van der Waals surface area contributed by atoms with Crippen LogP contribution < -0.4 is 24.3 Å². The van der Waals surface area contributed by atoms with Crippen LogP contribution >= 0.6 is 12.4 Å². The van der Waals surface area contributed by atoms with Crippen molar-refractivity contribution in [3.05, 3.63) is 89.7 Å². The first-order valence-electron chi connectivity index (χ1n) is 11.1. The highest BCUT2D eigenvalue weighted by Gasteiger charge is 2.23. The minimum absolute atomic E-state index is 0. The molecule has 4 aromatic rings. The second kappa shape index (κ2) is 12.1. The number of fused-ring (bicyclic) bond motifs is 1. The van der Waals surface area contributed by atoms with Crippen LogP contribution in [0.2, 0.25) is 0 Å². The number of nitrogens with zero attached hydrogens (tertiary/aromatic N) is 1. The minimum Gasteiger partial charge on any atom is -0.493 e. The molecule has 0 aliphatic carbocycles. The van der Waals surface area contributed by atoms with Gasteiger partial charge in [0.1, 0.15) is 0 Å². The van der Waals surface area contributed by atoms with E-state index in [4.69, 9.17) is 18.9 Å². The molecule has 7 nitrogen and oxygen atoms in total. The van der Waals surface area contributed by atoms with Crippen LogP contribution in [0.15, 0.2) is 72.9 Å². The Hall–Kier alpha value is -3.97. The van der Waals surface area contributed by atoms with E-state index in [-0.39, 0.29) is 24.7 Å². The van der Waals surface area contributed by atoms with Crippen molar-refractivity contribution in [3.8, 4) is 23.0 Å². The molecule has 4 rings (SSSR count). The molecule has 188 valence electrons. The van der Waals surface area contributed by atoms with Crippen LogP contribution in [0.25, 0.3) is 10.8 Å². The molecule has 1 unspecified atom stereocenters. The van der Waals surface area contributed by atoms with Crippen molar-refractivity contribution in [2.45, 2.75) is 12.5 Å². The number of rotatable bonds is 9. The standard InChI is InChI=1S/C28H28N2O5.ClH/c1-32-22-11-10-20(16-23(22)33-2)27(30-26(31)14-18-8-6-5-7-9-18)28-21-17-25(35-4)24(34-3)15-19(21)12-13-29-28;/h5-13,15-17,27H,14H2,1-4H3,(H,30,31);1H. The van der Waals surface area contributed by atoms with Crippen LogP contribution in [0.5, 0.6) is 23.0 Å². The number of hydrogen-bond donors (Lipinski definition) is 1. The van der Waals surface area contributed by atoms with E-state index in [9.17, 15) is 4.79 Å². The van der Waals surface area contributed by atoms with Crippen LogP contribution in [0.3, 0.4) is 0 Å². The second-order valence-corrected chi connectivity index (χ2v) is 7.90. The van der Waals surface area contributed by atoms with Crippen molar-refractivity contribution < 1.29 is 23.7 Å². The van der Waals surface area contributed by atoms with Gasteiger partial charge in [-0.2, -0.15) is 0 Å². The number of carbonyl (C=O) groups excluding carboxylic acids is 1. The number of carbonyl (C=O) groups is 1. The van der Waals surface area contributed by atoms with Crippen LogP contribution in [0.1, 0.15) is 22.9 Å². The number of benzene rings is 3. The lowest BCUT2D eigenvalue weighted by Gasteiger charge is -2.22. The molecule has 1 aromatic heterocycles. The second-order valence-electron chi connectivity index (χ2n) is 7.90. The molecule has 8 heteroatoms. The smallest absolute Gasteiger partial charge is 0.225 e. The van der Waals surface area contributed by atoms with E-state index in [0.717, 1.165) is 21.9 Å². The molecule has 0 saturated carbocycles. The predicted octanol–water partition coefficient (Wildman–Crippen LogP) is 5.14. The minimum atomic E-state index is -0.548. The maximum Gasteiger partial charge on any atom is 0.225 e. The zero-order chi connectivity index (χ0) is 24.8. The van der Waals surface area contributed by atoms with Crippen LogP contribution in [0, 0.1) is 0 Å². The first kappa shape index (κ1) is 26.6. The van der Waals surface area contributed by atoms with Crippen LogP contribution in [0.4, 0.5) is 0 Å². The predicted molar refractivity (Wildman–Crippen MR) is 142 cm³/mol. The first-order valence-corrected chi connectivity index (χ1v) is 11.1. The summed E-state index contributed by atoms with van der Waals surface area (Å²) in [6.07, 6.45) is 1.97. The Bertz CT molecular complexity index is 1330. The summed E-state index contributed by atoms with van der Waals surface area (Å²) < 4.78 is 21.9. The number of hydrogen-bond acceptors (Lipinski definition) is 6. The molecule has 0 aliphatic rings. The van der Waals surface area contributed by atoms with Gasteiger partial charge < -0.3 is 24.3 Å². The summed E-state index contributed by atoms with van der Waals surface area (Å²) in [6.45, 7) is 0. The van der Waals surface area contributed by atoms with Gasteiger partial charge in [0.2, 0.25) is 5.91 Å². The highest BCUT2D eigenvalue weighted by Crippen LogP contribution is 2.37. The number of methoxy groups -OCH3 is 4. The van der Waals surface area contributed by atoms with E-state index >= 15 is 0 Å². The molecule has 1 heterocycles. The van der Waals surface area contributed by atoms with Gasteiger partial charge in [-0.1, -0.05) is 36.4 Å². The quantitative estimate of drug-likeness (QED) is 0.337. The normalized spacial score (nSPS) is 11.2. The van der Waals surface area contributed by atoms with E-state index in [0.29, 0.717) is 28.7 Å². The monoisotopic (exact) mass is 508 g/mol. The molecule has 0 bridgehead atoms. The lowest BCUT2D eigenvalue weighted by Crippen LogP contribution is -2.31. The third kappa shape index (κ3) is 5.63. The van der Waals surface area contributed by atoms with E-state index in [1.54, 1.807) is 34.6 Å². The maximum atomic E-state index is 13.2. The summed E-state index contributed by atoms with van der Waals surface area (Å²) in [7, 11) is 6.36. The Kier molecular flexibility index (Phi) is 8.97. The van der Waals surface area contributed by atoms with Crippen molar-refractivity contribution >= 4 is 29.1 Å². The number of halogens is 1. The number of nitrogens with one attached hydrogen (secondary N) is 1. The molecule has 1 amide bonds. The summed E-state index contributed by atoms with van der Waals surface area (Å²) in [5, 5.41) is 4.93. The van der Waals surface area contributed by atoms with E-state index in [1.807, 2.05) is 66.7 Å². The first-order chi connectivity index (χ1) is 17.1. The van der Waals surface area contributed by atoms with E-state index in [2.05, 4.69) is 10.3 Å². The highest BCUT2D eigenvalue weighted by atomic mass is 35.5. The molecule has 1 atom stereocenters. The third-order valence-corrected chi connectivity index (χ3v) is 5.83. The average molecular weight is 509 g/mol. The van der Waals surface area contributed by atoms with Crippen molar-refractivity contribution in [1.82, 2.24) is 10.3 Å². The topological polar surface area (TPSA) is 78.9 Å². The van der Waals surface area contributed by atoms with E-state index in [1.165, 1.54) is 0 Å². The maximum absolute atomic E-state index is 13.2. The van der Waals surface area contributed by atoms with Gasteiger partial charge in [0, 0.05) is 11.6 Å². The zero-order valence-corrected chi connectivity index (χ0v) is 21.4. The molecule has 3 aromatic carbocycles. The van der Waals surface area contributed by atoms with Gasteiger partial charge in [0.15, 0.2) is 23.0 Å². The Balaban J connectivity index is 0.00000361. The lowest BCUT2D eigenvalue weighted by atomic mass is 9.97. The fourth-order valence-corrected chi connectivity index (χ4v) is 4.09. The molecular formula is C28H29ClN2O5. The fraction of sp³-hybridized carbons (Fsp3) is 0.214. The molecule has 36 heavy (non-hydrogen) atoms. The molecule has 0 saturated heterocycles. The molecular weight excluding hydrogens is 480 g/mol. The van der Waals surface area contributed by atoms with Crippen molar-refractivity contribution in [1.29, 1.82) is 0 Å². The highest BCUT2D eigenvalue weighted by molar-refractivity contribution is 5.89. The Morgan fingerprint density at radius 1 is 0.806 bits per heavy atom. The van der Waals surface area contributed by atoms with Crippen LogP contribution in [-0.4, -0.2) is 39.3 Å². The number of amides is 1. The summed E-state index contributed by atoms with van der Waals surface area (Å²) in [5.74, 6) is 2.23. The molecule has 1 N–H and O–H groups in total. The SMILES string of the molecule is COc1ccc(C(NC(=O)Cc2ccccc2)c2nccc3cc(OC)c(OC)cc23)cc1OC.Cl. The van der Waals surface area contributed by atoms with Gasteiger partial charge in [0.05, 0.1) is 46.6 Å². The van der Waals surface area contributed by atoms with Crippen molar-refractivity contribution in [2.24, 2.45) is 0 Å². The van der Waals surface area contributed by atoms with Gasteiger partial charge in [-0.3, -0.25) is 9.78 Å². The fourth-order valence-electron chi connectivity index (χ4n) is 4.09. The Labute approximate surface area is 216 Å². The number of aromatic nitrogens is 1. The van der Waals surface area contributed by atoms with Gasteiger partial charge in [-0.05, 0) is 46.8 Å². The summed E-state index contributed by atoms with van der Waals surface area (Å²) in [6, 6.07) is 20.3. The summed E-state index contributed by atoms with van der Waals surface area (Å²) in [4.78, 5) is 17.9. The zero-order valence-electron chi connectivity index (χ0n) is 20.6. The van der Waals surface area contributed by atoms with Crippen molar-refractivity contribution in [2.75, 3.05) is 28.4 Å². The molecule has 0 fully saturated rings. The molecule has 0 spiro atoms. The Morgan fingerprint density at radius 3 is 2.11 bits per heavy atom. The number of pyridine rings is 1. The van der Waals surface area contributed by atoms with Gasteiger partial charge in [0.25, 0.3) is 0 Å². The largest absolute Gasteiger partial charge is 0.493 e. The van der Waals surface area contributed by atoms with Crippen molar-refractivity contribution in [3.63, 3.8) is 0 Å². The molecule has 0 radical (unpaired) electrons. The third-order valence-electron chi connectivity index (χ3n) is 5.83. The van der Waals surface area contributed by atoms with E-state index < -0.39 is 6.04 Å². The number of ether oxygens (including phenoxy) is 4. The Morgan fingerprint density at radius 2 is 1.44 bits per heavy atom. The summed E-state index contributed by atoms with van der Waals surface area (Å²) >= 11 is 0. The summed E-state index contributed by atoms with van der Waals surface area (Å²) in [5.41, 5.74) is 2.41. The van der Waals surface area contributed by atoms with Gasteiger partial charge >= 0.3 is 0 Å². The molecule has 0 aliphatic heterocycles. The lowest BCUT2D eigenvalue weighted by molar-refractivity contribution is -0.120. The van der Waals surface area contributed by atoms with Crippen LogP contribution in [-0.2, 0) is 11.2 Å². The van der Waals surface area contributed by atoms with Gasteiger partial charge in [-0.15, -0.1) is 12.4 Å². The average Bonchev–Trinajstić information content (AvgIpc) is 2.90.